The van der Waals surface area contributed by atoms with E-state index in [1.807, 2.05) is 0 Å². The summed E-state index contributed by atoms with van der Waals surface area (Å²) in [7, 11) is -0.495. The lowest BCUT2D eigenvalue weighted by Gasteiger charge is -2.10. The summed E-state index contributed by atoms with van der Waals surface area (Å²) in [4.78, 5) is 0. The molecule has 0 unspecified atom stereocenters. The molecule has 0 atom stereocenters. The van der Waals surface area contributed by atoms with Crippen LogP contribution in [-0.4, -0.2) is 8.07 Å². The van der Waals surface area contributed by atoms with Crippen molar-refractivity contribution < 1.29 is 0 Å². The van der Waals surface area contributed by atoms with Crippen LogP contribution in [0.2, 0.25) is 24.2 Å². The van der Waals surface area contributed by atoms with Gasteiger partial charge in [-0.15, -0.1) is 0 Å². The maximum Gasteiger partial charge on any atom is 0.0530 e. The zero-order valence-corrected chi connectivity index (χ0v) is 9.16. The molecular formula is C10H22Si. The largest absolute Gasteiger partial charge is 0.0654 e. The molecule has 0 radical (unpaired) electrons. The smallest absolute Gasteiger partial charge is 0.0530 e. The van der Waals surface area contributed by atoms with E-state index < -0.39 is 8.07 Å². The van der Waals surface area contributed by atoms with Crippen molar-refractivity contribution in [2.75, 3.05) is 0 Å². The minimum Gasteiger partial charge on any atom is -0.0654 e. The Balaban J connectivity index is 2.08. The molecule has 11 heavy (non-hydrogen) atoms. The highest BCUT2D eigenvalue weighted by atomic mass is 28.3. The quantitative estimate of drug-likeness (QED) is 0.528. The third-order valence-corrected chi connectivity index (χ3v) is 7.82. The van der Waals surface area contributed by atoms with Gasteiger partial charge in [0.2, 0.25) is 0 Å². The zero-order valence-electron chi connectivity index (χ0n) is 8.16. The summed E-state index contributed by atoms with van der Waals surface area (Å²) in [6.07, 6.45) is 5.88. The molecule has 0 N–H and O–H groups in total. The van der Waals surface area contributed by atoms with Crippen molar-refractivity contribution in [3.8, 4) is 0 Å². The predicted molar refractivity (Wildman–Crippen MR) is 54.8 cm³/mol. The number of hydrogen-bond donors (Lipinski definition) is 0. The van der Waals surface area contributed by atoms with Gasteiger partial charge in [0.25, 0.3) is 0 Å². The Kier molecular flexibility index (Phi) is 3.63. The van der Waals surface area contributed by atoms with Crippen molar-refractivity contribution in [2.45, 2.75) is 63.7 Å². The van der Waals surface area contributed by atoms with Crippen molar-refractivity contribution in [1.29, 1.82) is 0 Å². The van der Waals surface area contributed by atoms with Gasteiger partial charge in [-0.05, 0) is 0 Å². The maximum absolute atomic E-state index is 2.32. The van der Waals surface area contributed by atoms with Crippen molar-refractivity contribution in [2.24, 2.45) is 0 Å². The second kappa shape index (κ2) is 4.29. The van der Waals surface area contributed by atoms with Crippen LogP contribution in [0.1, 0.15) is 39.5 Å². The summed E-state index contributed by atoms with van der Waals surface area (Å²) in [5.41, 5.74) is 0. The molecule has 0 amide bonds. The third kappa shape index (κ3) is 2.98. The fourth-order valence-corrected chi connectivity index (χ4v) is 6.78. The van der Waals surface area contributed by atoms with E-state index in [9.17, 15) is 0 Å². The first-order valence-corrected chi connectivity index (χ1v) is 8.16. The molecule has 1 saturated heterocycles. The van der Waals surface area contributed by atoms with Gasteiger partial charge in [0.1, 0.15) is 0 Å². The molecule has 0 bridgehead atoms. The van der Waals surface area contributed by atoms with E-state index in [1.54, 1.807) is 24.2 Å². The highest BCUT2D eigenvalue weighted by Crippen LogP contribution is 2.45. The average Bonchev–Trinajstić information content (AvgIpc) is 2.79. The van der Waals surface area contributed by atoms with E-state index in [0.717, 1.165) is 0 Å². The number of rotatable bonds is 6. The molecule has 1 rings (SSSR count). The van der Waals surface area contributed by atoms with Crippen LogP contribution < -0.4 is 0 Å². The Labute approximate surface area is 72.4 Å². The van der Waals surface area contributed by atoms with Crippen molar-refractivity contribution in [3.05, 3.63) is 0 Å². The lowest BCUT2D eigenvalue weighted by Crippen LogP contribution is -2.12. The third-order valence-electron chi connectivity index (χ3n) is 3.08. The molecule has 1 heterocycles. The molecule has 0 aromatic rings. The summed E-state index contributed by atoms with van der Waals surface area (Å²) >= 11 is 0. The molecule has 0 nitrogen and oxygen atoms in total. The number of unbranched alkanes of at least 4 members (excludes halogenated alkanes) is 2. The zero-order chi connectivity index (χ0) is 8.16. The lowest BCUT2D eigenvalue weighted by atomic mass is 10.4. The van der Waals surface area contributed by atoms with Gasteiger partial charge in [0.15, 0.2) is 0 Å². The monoisotopic (exact) mass is 170 g/mol. The Hall–Kier alpha value is 0.217. The van der Waals surface area contributed by atoms with E-state index in [4.69, 9.17) is 0 Å². The summed E-state index contributed by atoms with van der Waals surface area (Å²) in [5.74, 6) is 0. The molecule has 1 aliphatic rings. The molecule has 0 aromatic heterocycles. The molecule has 1 fully saturated rings. The second-order valence-corrected chi connectivity index (χ2v) is 9.21. The van der Waals surface area contributed by atoms with Crippen LogP contribution in [0, 0.1) is 0 Å². The molecule has 1 heteroatoms. The van der Waals surface area contributed by atoms with Gasteiger partial charge in [-0.25, -0.2) is 0 Å². The maximum atomic E-state index is 2.32. The van der Waals surface area contributed by atoms with Crippen LogP contribution in [-0.2, 0) is 0 Å². The van der Waals surface area contributed by atoms with Gasteiger partial charge >= 0.3 is 0 Å². The standard InChI is InChI=1S/C10H22Si/c1-3-5-7-11(9-10-11)8-6-4-2/h3-10H2,1-2H3. The average molecular weight is 170 g/mol. The first kappa shape index (κ1) is 9.31. The van der Waals surface area contributed by atoms with Gasteiger partial charge in [-0.3, -0.25) is 0 Å². The minimum atomic E-state index is -0.495. The fraction of sp³-hybridized carbons (Fsp3) is 1.00. The Morgan fingerprint density at radius 2 is 1.36 bits per heavy atom. The molecule has 0 saturated carbocycles. The first-order valence-electron chi connectivity index (χ1n) is 5.33. The van der Waals surface area contributed by atoms with Gasteiger partial charge in [0, 0.05) is 0 Å². The van der Waals surface area contributed by atoms with Crippen molar-refractivity contribution in [1.82, 2.24) is 0 Å². The molecule has 1 aliphatic heterocycles. The van der Waals surface area contributed by atoms with Crippen LogP contribution >= 0.6 is 0 Å². The van der Waals surface area contributed by atoms with E-state index in [-0.39, 0.29) is 0 Å². The summed E-state index contributed by atoms with van der Waals surface area (Å²) in [6.45, 7) is 4.65. The van der Waals surface area contributed by atoms with E-state index in [0.29, 0.717) is 0 Å². The minimum absolute atomic E-state index is 0.495. The van der Waals surface area contributed by atoms with Gasteiger partial charge < -0.3 is 0 Å². The van der Waals surface area contributed by atoms with Gasteiger partial charge in [-0.2, -0.15) is 0 Å². The van der Waals surface area contributed by atoms with E-state index >= 15 is 0 Å². The second-order valence-electron chi connectivity index (χ2n) is 4.21. The van der Waals surface area contributed by atoms with Crippen molar-refractivity contribution >= 4 is 8.07 Å². The van der Waals surface area contributed by atoms with Crippen LogP contribution in [0.3, 0.4) is 0 Å². The Bertz CT molecular complexity index is 95.4. The van der Waals surface area contributed by atoms with E-state index in [1.165, 1.54) is 25.7 Å². The topological polar surface area (TPSA) is 0 Å². The molecule has 0 aromatic carbocycles. The lowest BCUT2D eigenvalue weighted by molar-refractivity contribution is 0.839. The normalized spacial score (nSPS) is 20.2. The Morgan fingerprint density at radius 3 is 1.64 bits per heavy atom. The summed E-state index contributed by atoms with van der Waals surface area (Å²) in [5, 5.41) is 0. The Morgan fingerprint density at radius 1 is 0.909 bits per heavy atom. The highest BCUT2D eigenvalue weighted by molar-refractivity contribution is 6.89. The fourth-order valence-electron chi connectivity index (χ4n) is 1.91. The van der Waals surface area contributed by atoms with Crippen LogP contribution in [0.25, 0.3) is 0 Å². The molecule has 66 valence electrons. The first-order chi connectivity index (χ1) is 5.33. The summed E-state index contributed by atoms with van der Waals surface area (Å²) < 4.78 is 0. The SMILES string of the molecule is CCCC[Si]1(CCCC)CC1. The molecule has 0 aliphatic carbocycles. The van der Waals surface area contributed by atoms with Gasteiger partial charge in [0.05, 0.1) is 8.07 Å². The highest BCUT2D eigenvalue weighted by Gasteiger charge is 2.42. The summed E-state index contributed by atoms with van der Waals surface area (Å²) in [6, 6.07) is 6.66. The van der Waals surface area contributed by atoms with Crippen LogP contribution in [0.5, 0.6) is 0 Å². The van der Waals surface area contributed by atoms with Crippen LogP contribution in [0.15, 0.2) is 0 Å². The molecule has 0 spiro atoms. The number of hydrogen-bond acceptors (Lipinski definition) is 0. The molecular weight excluding hydrogens is 148 g/mol. The van der Waals surface area contributed by atoms with Gasteiger partial charge in [-0.1, -0.05) is 63.7 Å². The predicted octanol–water partition coefficient (Wildman–Crippen LogP) is 4.05. The van der Waals surface area contributed by atoms with Crippen LogP contribution in [0.4, 0.5) is 0 Å². The van der Waals surface area contributed by atoms with Crippen molar-refractivity contribution in [3.63, 3.8) is 0 Å². The van der Waals surface area contributed by atoms with E-state index in [2.05, 4.69) is 13.8 Å².